The Balaban J connectivity index is 2.33. The highest BCUT2D eigenvalue weighted by Crippen LogP contribution is 2.32. The number of piperidine rings is 1. The van der Waals surface area contributed by atoms with Gasteiger partial charge in [0, 0.05) is 38.9 Å². The highest BCUT2D eigenvalue weighted by molar-refractivity contribution is 6.38. The number of likely N-dealkylation sites (tertiary alicyclic amines) is 2. The number of Topliss-reactive ketones (excluding diaryl/α,β-unsaturated/α-hetero) is 1. The number of ether oxygens (including phenoxy) is 1. The van der Waals surface area contributed by atoms with E-state index in [0.29, 0.717) is 19.4 Å². The Kier molecular flexibility index (Phi) is 15.5. The number of terminal acetylenes is 1. The summed E-state index contributed by atoms with van der Waals surface area (Å²) < 4.78 is 5.19. The number of nitrogens with one attached hydrogen (secondary N) is 4. The van der Waals surface area contributed by atoms with E-state index in [0.717, 1.165) is 12.8 Å². The summed E-state index contributed by atoms with van der Waals surface area (Å²) in [4.78, 5) is 95.1. The van der Waals surface area contributed by atoms with Gasteiger partial charge >= 0.3 is 12.1 Å². The molecule has 0 aromatic rings. The van der Waals surface area contributed by atoms with Gasteiger partial charge in [-0.3, -0.25) is 24.0 Å². The van der Waals surface area contributed by atoms with Crippen LogP contribution < -0.4 is 27.0 Å². The fourth-order valence-electron chi connectivity index (χ4n) is 6.19. The maximum atomic E-state index is 14.3. The van der Waals surface area contributed by atoms with E-state index in [-0.39, 0.29) is 50.2 Å². The summed E-state index contributed by atoms with van der Waals surface area (Å²) in [5.41, 5.74) is 3.86. The summed E-state index contributed by atoms with van der Waals surface area (Å²) in [6.07, 6.45) is 5.98. The summed E-state index contributed by atoms with van der Waals surface area (Å²) in [5, 5.41) is 10.9. The molecule has 292 valence electrons. The monoisotopic (exact) mass is 731 g/mol. The average Bonchev–Trinajstić information content (AvgIpc) is 3.44. The van der Waals surface area contributed by atoms with Crippen molar-refractivity contribution in [1.29, 1.82) is 0 Å². The van der Waals surface area contributed by atoms with Gasteiger partial charge < -0.3 is 41.5 Å². The summed E-state index contributed by atoms with van der Waals surface area (Å²) in [5.74, 6) is -0.723. The molecule has 0 aromatic carbocycles. The van der Waals surface area contributed by atoms with Gasteiger partial charge in [0.05, 0.1) is 18.6 Å². The minimum atomic E-state index is -1.27. The van der Waals surface area contributed by atoms with Gasteiger partial charge in [-0.1, -0.05) is 68.7 Å². The van der Waals surface area contributed by atoms with Crippen molar-refractivity contribution in [2.45, 2.75) is 138 Å². The van der Waals surface area contributed by atoms with Crippen LogP contribution in [-0.4, -0.2) is 108 Å². The number of hydrogen-bond donors (Lipinski definition) is 5. The number of hydrogen-bond acceptors (Lipinski definition) is 8. The van der Waals surface area contributed by atoms with E-state index >= 15 is 0 Å². The van der Waals surface area contributed by atoms with E-state index in [1.807, 2.05) is 27.7 Å². The maximum Gasteiger partial charge on any atom is 0.404 e. The summed E-state index contributed by atoms with van der Waals surface area (Å²) in [6.45, 7) is 18.1. The second kappa shape index (κ2) is 18.4. The molecule has 5 atom stereocenters. The molecule has 0 aliphatic carbocycles. The molecule has 2 heterocycles. The van der Waals surface area contributed by atoms with Crippen molar-refractivity contribution < 1.29 is 38.3 Å². The Labute approximate surface area is 308 Å². The number of amides is 7. The predicted octanol–water partition coefficient (Wildman–Crippen LogP) is 2.21. The van der Waals surface area contributed by atoms with Gasteiger partial charge in [0.15, 0.2) is 0 Å². The minimum Gasteiger partial charge on any atom is -0.444 e. The second-order valence-electron chi connectivity index (χ2n) is 16.8. The maximum absolute atomic E-state index is 14.3. The highest BCUT2D eigenvalue weighted by Gasteiger charge is 2.47. The lowest BCUT2D eigenvalue weighted by atomic mass is 9.81. The molecule has 2 aliphatic heterocycles. The standard InChI is InChI=1S/C37H61N7O8/c1-11-13-15-24(28(46)31(48)39-17-14-12-2)40-30(47)25-19-23(52-33(38)50)21-44(25)32(49)29(36(6,7)8)42-34(51)41-26(35(3,4)5)22-43-18-16-37(9,10)20-27(43)45/h1,23-26,29H,12-22H2,2-10H3,(H2,38,50)(H,39,48)(H,40,47)(H2,41,42,51)/t23-,24?,25+,26-,29-/m1/s1. The second-order valence-corrected chi connectivity index (χ2v) is 16.8. The van der Waals surface area contributed by atoms with Crippen molar-refractivity contribution in [2.75, 3.05) is 26.2 Å². The number of nitrogens with zero attached hydrogens (tertiary/aromatic N) is 2. The highest BCUT2D eigenvalue weighted by atomic mass is 16.6. The van der Waals surface area contributed by atoms with E-state index in [1.54, 1.807) is 25.7 Å². The number of urea groups is 1. The van der Waals surface area contributed by atoms with E-state index < -0.39 is 76.7 Å². The lowest BCUT2D eigenvalue weighted by molar-refractivity contribution is -0.143. The van der Waals surface area contributed by atoms with Crippen LogP contribution in [0.1, 0.15) is 107 Å². The van der Waals surface area contributed by atoms with Crippen LogP contribution in [0.15, 0.2) is 0 Å². The summed E-state index contributed by atoms with van der Waals surface area (Å²) >= 11 is 0. The number of carbonyl (C=O) groups excluding carboxylic acids is 7. The summed E-state index contributed by atoms with van der Waals surface area (Å²) in [7, 11) is 0. The normalized spacial score (nSPS) is 20.5. The number of rotatable bonds is 15. The van der Waals surface area contributed by atoms with Crippen LogP contribution in [0.3, 0.4) is 0 Å². The van der Waals surface area contributed by atoms with Crippen LogP contribution in [0.2, 0.25) is 0 Å². The first-order valence-corrected chi connectivity index (χ1v) is 18.2. The minimum absolute atomic E-state index is 0.0156. The Morgan fingerprint density at radius 2 is 1.69 bits per heavy atom. The first-order chi connectivity index (χ1) is 24.0. The van der Waals surface area contributed by atoms with E-state index in [2.05, 4.69) is 41.0 Å². The van der Waals surface area contributed by atoms with Gasteiger partial charge in [-0.15, -0.1) is 12.3 Å². The molecule has 15 nitrogen and oxygen atoms in total. The smallest absolute Gasteiger partial charge is 0.404 e. The first-order valence-electron chi connectivity index (χ1n) is 18.2. The number of primary amides is 1. The van der Waals surface area contributed by atoms with Crippen LogP contribution in [0.25, 0.3) is 0 Å². The molecule has 7 amide bonds. The molecule has 52 heavy (non-hydrogen) atoms. The topological polar surface area (TPSA) is 209 Å². The fraction of sp³-hybridized carbons (Fsp3) is 0.757. The van der Waals surface area contributed by atoms with Crippen molar-refractivity contribution in [2.24, 2.45) is 22.0 Å². The van der Waals surface area contributed by atoms with Crippen LogP contribution in [-0.2, 0) is 28.7 Å². The first kappa shape index (κ1) is 43.8. The lowest BCUT2D eigenvalue weighted by Gasteiger charge is -2.41. The Bertz CT molecular complexity index is 1380. The predicted molar refractivity (Wildman–Crippen MR) is 195 cm³/mol. The Morgan fingerprint density at radius 1 is 1.04 bits per heavy atom. The zero-order valence-corrected chi connectivity index (χ0v) is 32.5. The Hall–Kier alpha value is -4.35. The SMILES string of the molecule is C#CCCC(NC(=O)[C@@H]1C[C@@H](OC(N)=O)CN1C(=O)[C@@H](NC(=O)N[C@H](CN1CCC(C)(C)CC1=O)C(C)(C)C)C(C)(C)C)C(=O)C(=O)NCCCC. The number of carbonyl (C=O) groups is 7. The summed E-state index contributed by atoms with van der Waals surface area (Å²) in [6, 6.07) is -4.79. The number of nitrogens with two attached hydrogens (primary N) is 1. The van der Waals surface area contributed by atoms with Crippen molar-refractivity contribution in [1.82, 2.24) is 31.1 Å². The van der Waals surface area contributed by atoms with Crippen molar-refractivity contribution in [3.8, 4) is 12.3 Å². The largest absolute Gasteiger partial charge is 0.444 e. The lowest BCUT2D eigenvalue weighted by Crippen LogP contribution is -2.62. The molecule has 0 saturated carbocycles. The van der Waals surface area contributed by atoms with Crippen molar-refractivity contribution in [3.05, 3.63) is 0 Å². The van der Waals surface area contributed by atoms with Gasteiger partial charge in [0.2, 0.25) is 23.5 Å². The molecule has 2 rings (SSSR count). The molecular formula is C37H61N7O8. The molecule has 0 spiro atoms. The van der Waals surface area contributed by atoms with Gasteiger partial charge in [0.1, 0.15) is 18.2 Å². The molecule has 2 fully saturated rings. The molecule has 0 bridgehead atoms. The van der Waals surface area contributed by atoms with Crippen LogP contribution in [0, 0.1) is 28.6 Å². The van der Waals surface area contributed by atoms with Crippen LogP contribution in [0.4, 0.5) is 9.59 Å². The molecule has 2 aliphatic rings. The molecular weight excluding hydrogens is 670 g/mol. The van der Waals surface area contributed by atoms with Crippen molar-refractivity contribution >= 4 is 41.5 Å². The molecule has 0 radical (unpaired) electrons. The average molecular weight is 732 g/mol. The third kappa shape index (κ3) is 13.0. The van der Waals surface area contributed by atoms with E-state index in [4.69, 9.17) is 16.9 Å². The van der Waals surface area contributed by atoms with Crippen LogP contribution in [0.5, 0.6) is 0 Å². The molecule has 6 N–H and O–H groups in total. The van der Waals surface area contributed by atoms with E-state index in [9.17, 15) is 33.6 Å². The van der Waals surface area contributed by atoms with Gasteiger partial charge in [0.25, 0.3) is 5.91 Å². The fourth-order valence-corrected chi connectivity index (χ4v) is 6.19. The number of unbranched alkanes of at least 4 members (excludes halogenated alkanes) is 1. The molecule has 15 heteroatoms. The van der Waals surface area contributed by atoms with Crippen LogP contribution >= 0.6 is 0 Å². The van der Waals surface area contributed by atoms with Gasteiger partial charge in [-0.05, 0) is 35.5 Å². The third-order valence-corrected chi connectivity index (χ3v) is 9.56. The van der Waals surface area contributed by atoms with Gasteiger partial charge in [-0.25, -0.2) is 9.59 Å². The quantitative estimate of drug-likeness (QED) is 0.0956. The van der Waals surface area contributed by atoms with Gasteiger partial charge in [-0.2, -0.15) is 0 Å². The van der Waals surface area contributed by atoms with E-state index in [1.165, 1.54) is 4.90 Å². The zero-order chi connectivity index (χ0) is 39.6. The molecule has 1 unspecified atom stereocenters. The third-order valence-electron chi connectivity index (χ3n) is 9.56. The van der Waals surface area contributed by atoms with Crippen molar-refractivity contribution in [3.63, 3.8) is 0 Å². The molecule has 0 aromatic heterocycles. The molecule has 2 saturated heterocycles. The zero-order valence-electron chi connectivity index (χ0n) is 32.5. The Morgan fingerprint density at radius 3 is 2.23 bits per heavy atom. The number of ketones is 1.